The minimum Gasteiger partial charge on any atom is -0.492 e. The number of ether oxygens (including phenoxy) is 2. The van der Waals surface area contributed by atoms with Crippen molar-refractivity contribution in [2.24, 2.45) is 0 Å². The lowest BCUT2D eigenvalue weighted by Crippen LogP contribution is -2.20. The van der Waals surface area contributed by atoms with Crippen LogP contribution in [-0.4, -0.2) is 23.4 Å². The van der Waals surface area contributed by atoms with Crippen molar-refractivity contribution in [2.45, 2.75) is 12.5 Å². The van der Waals surface area contributed by atoms with Crippen LogP contribution in [0.25, 0.3) is 0 Å². The molecule has 0 aliphatic carbocycles. The maximum atomic E-state index is 12.7. The summed E-state index contributed by atoms with van der Waals surface area (Å²) >= 11 is 0. The van der Waals surface area contributed by atoms with Gasteiger partial charge in [-0.25, -0.2) is 0 Å². The largest absolute Gasteiger partial charge is 0.573 e. The third-order valence-electron chi connectivity index (χ3n) is 1.86. The first-order valence-electron chi connectivity index (χ1n) is 4.51. The average Bonchev–Trinajstić information content (AvgIpc) is 2.24. The molecule has 1 heterocycles. The van der Waals surface area contributed by atoms with Crippen LogP contribution in [-0.2, 0) is 6.18 Å². The van der Waals surface area contributed by atoms with E-state index in [2.05, 4.69) is 14.5 Å². The molecular formula is C8H4F6N2O4. The third-order valence-corrected chi connectivity index (χ3v) is 1.86. The summed E-state index contributed by atoms with van der Waals surface area (Å²) in [5, 5.41) is 10.5. The summed E-state index contributed by atoms with van der Waals surface area (Å²) in [7, 11) is 0.609. The second-order valence-corrected chi connectivity index (χ2v) is 3.16. The molecule has 1 aromatic rings. The molecule has 0 radical (unpaired) electrons. The van der Waals surface area contributed by atoms with Gasteiger partial charge < -0.3 is 19.6 Å². The number of alkyl halides is 6. The van der Waals surface area contributed by atoms with E-state index in [0.717, 1.165) is 0 Å². The van der Waals surface area contributed by atoms with Crippen molar-refractivity contribution in [1.29, 1.82) is 0 Å². The predicted octanol–water partition coefficient (Wildman–Crippen LogP) is 2.92. The molecule has 12 heteroatoms. The van der Waals surface area contributed by atoms with E-state index in [1.165, 1.54) is 0 Å². The minimum absolute atomic E-state index is 0.125. The Hall–Kier alpha value is -2.27. The van der Waals surface area contributed by atoms with Gasteiger partial charge in [-0.2, -0.15) is 13.2 Å². The summed E-state index contributed by atoms with van der Waals surface area (Å²) in [4.78, 5) is 11.7. The van der Waals surface area contributed by atoms with Crippen LogP contribution in [0, 0.1) is 10.1 Å². The molecule has 6 nitrogen and oxygen atoms in total. The SMILES string of the molecule is COc1c(OC(F)(F)F)cnc([N+](=O)[O-])c1C(F)(F)F. The number of methoxy groups -OCH3 is 1. The molecule has 0 saturated heterocycles. The fraction of sp³-hybridized carbons (Fsp3) is 0.375. The number of nitro groups is 1. The Morgan fingerprint density at radius 2 is 1.80 bits per heavy atom. The molecule has 0 fully saturated rings. The Labute approximate surface area is 106 Å². The maximum Gasteiger partial charge on any atom is 0.573 e. The minimum atomic E-state index is -5.36. The predicted molar refractivity (Wildman–Crippen MR) is 49.1 cm³/mol. The molecule has 0 atom stereocenters. The second kappa shape index (κ2) is 5.02. The summed E-state index contributed by atoms with van der Waals surface area (Å²) in [5.74, 6) is -4.60. The molecule has 0 aliphatic heterocycles. The molecule has 0 unspecified atom stereocenters. The van der Waals surface area contributed by atoms with Crippen LogP contribution in [0.4, 0.5) is 32.2 Å². The third kappa shape index (κ3) is 3.39. The van der Waals surface area contributed by atoms with Gasteiger partial charge in [-0.05, 0) is 9.91 Å². The Bertz CT molecular complexity index is 527. The summed E-state index contributed by atoms with van der Waals surface area (Å²) < 4.78 is 81.6. The van der Waals surface area contributed by atoms with Gasteiger partial charge in [0, 0.05) is 0 Å². The van der Waals surface area contributed by atoms with Gasteiger partial charge in [0.25, 0.3) is 0 Å². The fourth-order valence-electron chi connectivity index (χ4n) is 1.26. The number of nitrogens with zero attached hydrogens (tertiary/aromatic N) is 2. The number of hydrogen-bond acceptors (Lipinski definition) is 5. The van der Waals surface area contributed by atoms with E-state index in [1.807, 2.05) is 0 Å². The van der Waals surface area contributed by atoms with E-state index >= 15 is 0 Å². The van der Waals surface area contributed by atoms with Crippen molar-refractivity contribution in [1.82, 2.24) is 4.98 Å². The summed E-state index contributed by atoms with van der Waals surface area (Å²) in [5.41, 5.74) is -2.06. The summed E-state index contributed by atoms with van der Waals surface area (Å²) in [6.07, 6.45) is -10.5. The second-order valence-electron chi connectivity index (χ2n) is 3.16. The van der Waals surface area contributed by atoms with Crippen molar-refractivity contribution in [3.8, 4) is 11.5 Å². The quantitative estimate of drug-likeness (QED) is 0.487. The molecule has 0 aliphatic rings. The number of hydrogen-bond donors (Lipinski definition) is 0. The Kier molecular flexibility index (Phi) is 3.96. The highest BCUT2D eigenvalue weighted by atomic mass is 19.4. The van der Waals surface area contributed by atoms with Gasteiger partial charge in [0.15, 0.2) is 17.5 Å². The highest BCUT2D eigenvalue weighted by Crippen LogP contribution is 2.46. The summed E-state index contributed by atoms with van der Waals surface area (Å²) in [6, 6.07) is 0. The van der Waals surface area contributed by atoms with Crippen LogP contribution < -0.4 is 9.47 Å². The van der Waals surface area contributed by atoms with Crippen LogP contribution >= 0.6 is 0 Å². The van der Waals surface area contributed by atoms with E-state index in [9.17, 15) is 36.5 Å². The van der Waals surface area contributed by atoms with Crippen LogP contribution in [0.2, 0.25) is 0 Å². The van der Waals surface area contributed by atoms with Gasteiger partial charge in [0.05, 0.1) is 7.11 Å². The molecule has 0 spiro atoms. The smallest absolute Gasteiger partial charge is 0.492 e. The number of halogens is 6. The molecule has 1 aromatic heterocycles. The molecule has 112 valence electrons. The highest BCUT2D eigenvalue weighted by molar-refractivity contribution is 5.54. The zero-order valence-corrected chi connectivity index (χ0v) is 9.37. The monoisotopic (exact) mass is 306 g/mol. The normalized spacial score (nSPS) is 12.2. The van der Waals surface area contributed by atoms with Crippen molar-refractivity contribution in [3.63, 3.8) is 0 Å². The number of aromatic nitrogens is 1. The van der Waals surface area contributed by atoms with E-state index in [0.29, 0.717) is 7.11 Å². The van der Waals surface area contributed by atoms with Gasteiger partial charge in [0.1, 0.15) is 0 Å². The van der Waals surface area contributed by atoms with Crippen LogP contribution in [0.3, 0.4) is 0 Å². The van der Waals surface area contributed by atoms with Crippen molar-refractivity contribution in [3.05, 3.63) is 21.9 Å². The molecule has 0 saturated carbocycles. The zero-order valence-electron chi connectivity index (χ0n) is 9.37. The van der Waals surface area contributed by atoms with E-state index in [-0.39, 0.29) is 6.20 Å². The van der Waals surface area contributed by atoms with Crippen molar-refractivity contribution >= 4 is 5.82 Å². The van der Waals surface area contributed by atoms with Gasteiger partial charge in [-0.3, -0.25) is 0 Å². The van der Waals surface area contributed by atoms with E-state index < -0.39 is 40.3 Å². The van der Waals surface area contributed by atoms with Gasteiger partial charge in [-0.15, -0.1) is 13.2 Å². The molecule has 0 amide bonds. The Morgan fingerprint density at radius 3 is 2.15 bits per heavy atom. The number of pyridine rings is 1. The van der Waals surface area contributed by atoms with E-state index in [4.69, 9.17) is 0 Å². The van der Waals surface area contributed by atoms with Crippen LogP contribution in [0.15, 0.2) is 6.20 Å². The van der Waals surface area contributed by atoms with Crippen molar-refractivity contribution < 1.29 is 40.7 Å². The maximum absolute atomic E-state index is 12.7. The highest BCUT2D eigenvalue weighted by Gasteiger charge is 2.46. The molecule has 0 aromatic carbocycles. The lowest BCUT2D eigenvalue weighted by atomic mass is 10.2. The van der Waals surface area contributed by atoms with Crippen molar-refractivity contribution in [2.75, 3.05) is 7.11 Å². The molecule has 1 rings (SSSR count). The fourth-order valence-corrected chi connectivity index (χ4v) is 1.26. The first kappa shape index (κ1) is 15.8. The first-order chi connectivity index (χ1) is 8.97. The molecular weight excluding hydrogens is 302 g/mol. The van der Waals surface area contributed by atoms with Gasteiger partial charge in [0.2, 0.25) is 5.75 Å². The lowest BCUT2D eigenvalue weighted by molar-refractivity contribution is -0.393. The topological polar surface area (TPSA) is 74.5 Å². The van der Waals surface area contributed by atoms with Gasteiger partial charge in [-0.1, -0.05) is 0 Å². The molecule has 0 bridgehead atoms. The first-order valence-corrected chi connectivity index (χ1v) is 4.51. The van der Waals surface area contributed by atoms with Crippen LogP contribution in [0.1, 0.15) is 5.56 Å². The zero-order chi connectivity index (χ0) is 15.7. The Morgan fingerprint density at radius 1 is 1.25 bits per heavy atom. The molecule has 20 heavy (non-hydrogen) atoms. The standard InChI is InChI=1S/C8H4F6N2O4/c1-19-5-3(20-8(12,13)14)2-15-6(16(17)18)4(5)7(9,10)11/h2H,1H3. The van der Waals surface area contributed by atoms with Crippen LogP contribution in [0.5, 0.6) is 11.5 Å². The van der Waals surface area contributed by atoms with Gasteiger partial charge >= 0.3 is 18.4 Å². The Balaban J connectivity index is 3.57. The average molecular weight is 306 g/mol. The number of rotatable bonds is 3. The lowest BCUT2D eigenvalue weighted by Gasteiger charge is -2.15. The molecule has 0 N–H and O–H groups in total. The van der Waals surface area contributed by atoms with E-state index in [1.54, 1.807) is 0 Å². The summed E-state index contributed by atoms with van der Waals surface area (Å²) in [6.45, 7) is 0.